The number of β-amino-alcohol motifs (C(OH)–C–C–N with tert-alkyl or cyclic N) is 1. The molecule has 1 aliphatic carbocycles. The summed E-state index contributed by atoms with van der Waals surface area (Å²) < 4.78 is 18.6. The zero-order valence-electron chi connectivity index (χ0n) is 12.6. The van der Waals surface area contributed by atoms with E-state index < -0.39 is 6.10 Å². The molecule has 4 nitrogen and oxygen atoms in total. The maximum Gasteiger partial charge on any atom is 0.258 e. The van der Waals surface area contributed by atoms with Crippen molar-refractivity contribution in [2.75, 3.05) is 6.54 Å². The van der Waals surface area contributed by atoms with Crippen LogP contribution >= 0.6 is 0 Å². The average Bonchev–Trinajstić information content (AvgIpc) is 3.14. The van der Waals surface area contributed by atoms with Crippen molar-refractivity contribution in [1.82, 2.24) is 4.90 Å². The van der Waals surface area contributed by atoms with Gasteiger partial charge in [-0.15, -0.1) is 0 Å². The van der Waals surface area contributed by atoms with Crippen LogP contribution in [0.3, 0.4) is 0 Å². The highest BCUT2D eigenvalue weighted by atomic mass is 19.1. The molecule has 1 aliphatic heterocycles. The number of likely N-dealkylation sites (tertiary alicyclic amines) is 1. The van der Waals surface area contributed by atoms with E-state index in [1.165, 1.54) is 12.1 Å². The van der Waals surface area contributed by atoms with E-state index in [0.717, 1.165) is 24.2 Å². The molecule has 2 fully saturated rings. The molecule has 1 N–H and O–H groups in total. The van der Waals surface area contributed by atoms with Crippen molar-refractivity contribution in [3.05, 3.63) is 59.3 Å². The highest BCUT2D eigenvalue weighted by molar-refractivity contribution is 5.96. The van der Waals surface area contributed by atoms with Crippen molar-refractivity contribution in [2.24, 2.45) is 0 Å². The summed E-state index contributed by atoms with van der Waals surface area (Å²) in [6, 6.07) is 7.60. The number of aliphatic hydroxyl groups excluding tert-OH is 1. The lowest BCUT2D eigenvalue weighted by Gasteiger charge is -2.24. The molecule has 0 bridgehead atoms. The van der Waals surface area contributed by atoms with Crippen LogP contribution in [-0.2, 0) is 0 Å². The Morgan fingerprint density at radius 1 is 1.22 bits per heavy atom. The smallest absolute Gasteiger partial charge is 0.258 e. The van der Waals surface area contributed by atoms with Gasteiger partial charge in [0.1, 0.15) is 11.6 Å². The van der Waals surface area contributed by atoms with Crippen molar-refractivity contribution in [1.29, 1.82) is 0 Å². The van der Waals surface area contributed by atoms with Crippen molar-refractivity contribution in [3.63, 3.8) is 0 Å². The lowest BCUT2D eigenvalue weighted by atomic mass is 10.0. The Kier molecular flexibility index (Phi) is 3.45. The van der Waals surface area contributed by atoms with Gasteiger partial charge in [0.25, 0.3) is 5.91 Å². The van der Waals surface area contributed by atoms with E-state index in [9.17, 15) is 14.3 Å². The molecule has 2 aromatic rings. The normalized spacial score (nSPS) is 24.2. The minimum absolute atomic E-state index is 0.119. The number of aliphatic hydroxyl groups is 1. The van der Waals surface area contributed by atoms with E-state index >= 15 is 0 Å². The van der Waals surface area contributed by atoms with Gasteiger partial charge in [-0.2, -0.15) is 0 Å². The number of benzene rings is 1. The van der Waals surface area contributed by atoms with E-state index in [1.807, 2.05) is 0 Å². The summed E-state index contributed by atoms with van der Waals surface area (Å²) >= 11 is 0. The maximum atomic E-state index is 13.1. The van der Waals surface area contributed by atoms with Crippen LogP contribution in [0.15, 0.2) is 41.0 Å². The number of nitrogens with zero attached hydrogens (tertiary/aromatic N) is 1. The fraction of sp³-hybridized carbons (Fsp3) is 0.389. The van der Waals surface area contributed by atoms with Crippen molar-refractivity contribution < 1.29 is 18.7 Å². The molecule has 120 valence electrons. The number of carbonyl (C=O) groups excluding carboxylic acids is 1. The first kappa shape index (κ1) is 14.5. The van der Waals surface area contributed by atoms with E-state index in [0.29, 0.717) is 17.9 Å². The van der Waals surface area contributed by atoms with Crippen LogP contribution in [0.2, 0.25) is 0 Å². The van der Waals surface area contributed by atoms with Crippen LogP contribution in [0.4, 0.5) is 4.39 Å². The van der Waals surface area contributed by atoms with Gasteiger partial charge in [0.15, 0.2) is 0 Å². The SMILES string of the molecule is O=C(c1ccoc1C1CC1)N1C[C@@H](O)C[C@H]1c1ccc(F)cc1. The van der Waals surface area contributed by atoms with Gasteiger partial charge in [0, 0.05) is 12.5 Å². The number of amides is 1. The van der Waals surface area contributed by atoms with E-state index in [4.69, 9.17) is 4.42 Å². The number of furan rings is 1. The van der Waals surface area contributed by atoms with Crippen molar-refractivity contribution in [3.8, 4) is 0 Å². The van der Waals surface area contributed by atoms with Gasteiger partial charge in [-0.05, 0) is 43.0 Å². The Morgan fingerprint density at radius 2 is 1.96 bits per heavy atom. The molecule has 1 aromatic carbocycles. The molecular weight excluding hydrogens is 297 g/mol. The number of rotatable bonds is 3. The quantitative estimate of drug-likeness (QED) is 0.946. The predicted octanol–water partition coefficient (Wildman–Crippen LogP) is 3.24. The predicted molar refractivity (Wildman–Crippen MR) is 81.5 cm³/mol. The van der Waals surface area contributed by atoms with E-state index in [1.54, 1.807) is 29.4 Å². The molecule has 1 aromatic heterocycles. The van der Waals surface area contributed by atoms with Crippen LogP contribution in [-0.4, -0.2) is 28.6 Å². The maximum absolute atomic E-state index is 13.1. The molecule has 0 radical (unpaired) electrons. The van der Waals surface area contributed by atoms with Gasteiger partial charge >= 0.3 is 0 Å². The van der Waals surface area contributed by atoms with Crippen LogP contribution in [0.1, 0.15) is 52.9 Å². The molecule has 1 saturated carbocycles. The van der Waals surface area contributed by atoms with Crippen molar-refractivity contribution >= 4 is 5.91 Å². The van der Waals surface area contributed by atoms with E-state index in [-0.39, 0.29) is 24.3 Å². The van der Waals surface area contributed by atoms with Gasteiger partial charge < -0.3 is 14.4 Å². The largest absolute Gasteiger partial charge is 0.468 e. The second kappa shape index (κ2) is 5.49. The summed E-state index contributed by atoms with van der Waals surface area (Å²) in [5.41, 5.74) is 1.43. The summed E-state index contributed by atoms with van der Waals surface area (Å²) in [6.07, 6.45) is 3.56. The molecule has 2 atom stereocenters. The third kappa shape index (κ3) is 2.65. The lowest BCUT2D eigenvalue weighted by Crippen LogP contribution is -2.32. The average molecular weight is 315 g/mol. The van der Waals surface area contributed by atoms with Gasteiger partial charge in [0.2, 0.25) is 0 Å². The highest BCUT2D eigenvalue weighted by Crippen LogP contribution is 2.43. The fourth-order valence-electron chi connectivity index (χ4n) is 3.35. The summed E-state index contributed by atoms with van der Waals surface area (Å²) in [5.74, 6) is 0.678. The third-order valence-electron chi connectivity index (χ3n) is 4.67. The number of hydrogen-bond acceptors (Lipinski definition) is 3. The summed E-state index contributed by atoms with van der Waals surface area (Å²) in [6.45, 7) is 0.288. The summed E-state index contributed by atoms with van der Waals surface area (Å²) in [4.78, 5) is 14.6. The van der Waals surface area contributed by atoms with Crippen LogP contribution < -0.4 is 0 Å². The molecule has 2 aliphatic rings. The first-order valence-electron chi connectivity index (χ1n) is 7.95. The van der Waals surface area contributed by atoms with Crippen LogP contribution in [0, 0.1) is 5.82 Å². The Hall–Kier alpha value is -2.14. The van der Waals surface area contributed by atoms with Crippen molar-refractivity contribution in [2.45, 2.75) is 37.3 Å². The molecule has 1 amide bonds. The molecule has 2 heterocycles. The standard InChI is InChI=1S/C18H18FNO3/c19-13-5-3-11(4-6-13)16-9-14(21)10-20(16)18(22)15-7-8-23-17(15)12-1-2-12/h3-8,12,14,16,21H,1-2,9-10H2/t14-,16-/m0/s1. The monoisotopic (exact) mass is 315 g/mol. The first-order valence-corrected chi connectivity index (χ1v) is 7.95. The fourth-order valence-corrected chi connectivity index (χ4v) is 3.35. The summed E-state index contributed by atoms with van der Waals surface area (Å²) in [7, 11) is 0. The number of carbonyl (C=O) groups is 1. The number of halogens is 1. The topological polar surface area (TPSA) is 53.7 Å². The lowest BCUT2D eigenvalue weighted by molar-refractivity contribution is 0.0713. The highest BCUT2D eigenvalue weighted by Gasteiger charge is 2.39. The third-order valence-corrected chi connectivity index (χ3v) is 4.67. The minimum Gasteiger partial charge on any atom is -0.468 e. The Labute approximate surface area is 133 Å². The molecule has 23 heavy (non-hydrogen) atoms. The molecule has 0 spiro atoms. The molecule has 5 heteroatoms. The zero-order valence-corrected chi connectivity index (χ0v) is 12.6. The molecule has 0 unspecified atom stereocenters. The molecule has 1 saturated heterocycles. The second-order valence-electron chi connectivity index (χ2n) is 6.39. The Morgan fingerprint density at radius 3 is 2.65 bits per heavy atom. The molecule has 4 rings (SSSR count). The van der Waals surface area contributed by atoms with Gasteiger partial charge in [0.05, 0.1) is 24.0 Å². The van der Waals surface area contributed by atoms with E-state index in [2.05, 4.69) is 0 Å². The van der Waals surface area contributed by atoms with Crippen LogP contribution in [0.5, 0.6) is 0 Å². The Bertz CT molecular complexity index is 720. The molecular formula is C18H18FNO3. The van der Waals surface area contributed by atoms with Gasteiger partial charge in [-0.25, -0.2) is 4.39 Å². The minimum atomic E-state index is -0.565. The van der Waals surface area contributed by atoms with Gasteiger partial charge in [-0.3, -0.25) is 4.79 Å². The van der Waals surface area contributed by atoms with Gasteiger partial charge in [-0.1, -0.05) is 12.1 Å². The summed E-state index contributed by atoms with van der Waals surface area (Å²) in [5, 5.41) is 10.0. The number of hydrogen-bond donors (Lipinski definition) is 1. The zero-order chi connectivity index (χ0) is 16.0. The Balaban J connectivity index is 1.64. The van der Waals surface area contributed by atoms with Crippen LogP contribution in [0.25, 0.3) is 0 Å². The second-order valence-corrected chi connectivity index (χ2v) is 6.39. The first-order chi connectivity index (χ1) is 11.1.